The Morgan fingerprint density at radius 2 is 1.90 bits per heavy atom. The number of furan rings is 1. The highest BCUT2D eigenvalue weighted by Gasteiger charge is 2.24. The zero-order valence-electron chi connectivity index (χ0n) is 15.5. The minimum absolute atomic E-state index is 0.0794. The van der Waals surface area contributed by atoms with Crippen LogP contribution in [-0.2, 0) is 4.79 Å². The van der Waals surface area contributed by atoms with E-state index >= 15 is 0 Å². The Balaban J connectivity index is 1.48. The molecule has 4 rings (SSSR count). The van der Waals surface area contributed by atoms with Gasteiger partial charge in [-0.3, -0.25) is 14.4 Å². The first-order chi connectivity index (χ1) is 14.0. The average molecular weight is 407 g/mol. The van der Waals surface area contributed by atoms with Crippen LogP contribution < -0.4 is 15.5 Å². The predicted octanol–water partition coefficient (Wildman–Crippen LogP) is 3.39. The van der Waals surface area contributed by atoms with Crippen LogP contribution >= 0.6 is 11.8 Å². The molecule has 2 aromatic carbocycles. The average Bonchev–Trinajstić information content (AvgIpc) is 3.23. The molecule has 1 aromatic heterocycles. The molecule has 8 heteroatoms. The Labute approximate surface area is 171 Å². The number of nitrogens with one attached hydrogen (secondary N) is 2. The molecule has 0 bridgehead atoms. The number of amides is 3. The topological polar surface area (TPSA) is 91.7 Å². The monoisotopic (exact) mass is 407 g/mol. The van der Waals surface area contributed by atoms with E-state index in [1.54, 1.807) is 36.2 Å². The van der Waals surface area contributed by atoms with Gasteiger partial charge in [-0.25, -0.2) is 0 Å². The zero-order valence-corrected chi connectivity index (χ0v) is 16.3. The SMILES string of the molecule is CN1C(=O)c2ccccc2Sc2cc(NC(=O)CNC(=O)c3ccco3)ccc21. The van der Waals surface area contributed by atoms with Gasteiger partial charge in [-0.2, -0.15) is 0 Å². The summed E-state index contributed by atoms with van der Waals surface area (Å²) in [7, 11) is 1.73. The van der Waals surface area contributed by atoms with E-state index in [0.29, 0.717) is 11.3 Å². The highest BCUT2D eigenvalue weighted by molar-refractivity contribution is 7.99. The lowest BCUT2D eigenvalue weighted by molar-refractivity contribution is -0.115. The van der Waals surface area contributed by atoms with Crippen molar-refractivity contribution in [2.45, 2.75) is 9.79 Å². The van der Waals surface area contributed by atoms with Crippen molar-refractivity contribution in [3.8, 4) is 0 Å². The molecule has 1 aliphatic rings. The summed E-state index contributed by atoms with van der Waals surface area (Å²) < 4.78 is 4.99. The Bertz CT molecular complexity index is 1100. The number of anilines is 2. The molecule has 2 heterocycles. The predicted molar refractivity (Wildman–Crippen MR) is 109 cm³/mol. The molecule has 3 amide bonds. The first-order valence-corrected chi connectivity index (χ1v) is 9.65. The van der Waals surface area contributed by atoms with Crippen molar-refractivity contribution in [3.63, 3.8) is 0 Å². The lowest BCUT2D eigenvalue weighted by atomic mass is 10.2. The summed E-state index contributed by atoms with van der Waals surface area (Å²) in [4.78, 5) is 40.1. The van der Waals surface area contributed by atoms with Crippen LogP contribution in [0.2, 0.25) is 0 Å². The van der Waals surface area contributed by atoms with E-state index in [2.05, 4.69) is 10.6 Å². The van der Waals surface area contributed by atoms with Crippen molar-refractivity contribution in [2.24, 2.45) is 0 Å². The van der Waals surface area contributed by atoms with E-state index in [9.17, 15) is 14.4 Å². The second kappa shape index (κ2) is 7.84. The summed E-state index contributed by atoms with van der Waals surface area (Å²) in [6, 6.07) is 15.9. The van der Waals surface area contributed by atoms with Crippen LogP contribution in [0.5, 0.6) is 0 Å². The van der Waals surface area contributed by atoms with Gasteiger partial charge in [0, 0.05) is 22.5 Å². The Morgan fingerprint density at radius 3 is 2.69 bits per heavy atom. The Morgan fingerprint density at radius 1 is 1.07 bits per heavy atom. The maximum absolute atomic E-state index is 12.7. The Hall–Kier alpha value is -3.52. The molecule has 0 fully saturated rings. The summed E-state index contributed by atoms with van der Waals surface area (Å²) >= 11 is 1.47. The summed E-state index contributed by atoms with van der Waals surface area (Å²) in [6.07, 6.45) is 1.39. The molecule has 0 saturated carbocycles. The molecule has 29 heavy (non-hydrogen) atoms. The highest BCUT2D eigenvalue weighted by Crippen LogP contribution is 2.41. The molecule has 3 aromatic rings. The minimum atomic E-state index is -0.459. The summed E-state index contributed by atoms with van der Waals surface area (Å²) in [5.41, 5.74) is 1.98. The van der Waals surface area contributed by atoms with Gasteiger partial charge in [0.05, 0.1) is 24.1 Å². The van der Waals surface area contributed by atoms with Gasteiger partial charge in [0.25, 0.3) is 11.8 Å². The molecule has 1 aliphatic heterocycles. The molecule has 7 nitrogen and oxygen atoms in total. The second-order valence-corrected chi connectivity index (χ2v) is 7.44. The molecule has 0 radical (unpaired) electrons. The Kier molecular flexibility index (Phi) is 5.09. The summed E-state index contributed by atoms with van der Waals surface area (Å²) in [5, 5.41) is 5.26. The highest BCUT2D eigenvalue weighted by atomic mass is 32.2. The smallest absolute Gasteiger partial charge is 0.287 e. The maximum Gasteiger partial charge on any atom is 0.287 e. The van der Waals surface area contributed by atoms with Crippen molar-refractivity contribution < 1.29 is 18.8 Å². The first-order valence-electron chi connectivity index (χ1n) is 8.83. The van der Waals surface area contributed by atoms with Gasteiger partial charge in [0.2, 0.25) is 5.91 Å². The van der Waals surface area contributed by atoms with E-state index in [0.717, 1.165) is 15.5 Å². The molecular formula is C21H17N3O4S. The summed E-state index contributed by atoms with van der Waals surface area (Å²) in [6.45, 7) is -0.190. The van der Waals surface area contributed by atoms with Crippen LogP contribution in [0.4, 0.5) is 11.4 Å². The van der Waals surface area contributed by atoms with Crippen molar-refractivity contribution in [1.29, 1.82) is 0 Å². The van der Waals surface area contributed by atoms with E-state index in [4.69, 9.17) is 4.42 Å². The molecule has 146 valence electrons. The lowest BCUT2D eigenvalue weighted by Gasteiger charge is -2.18. The van der Waals surface area contributed by atoms with Crippen molar-refractivity contribution in [3.05, 3.63) is 72.2 Å². The molecule has 2 N–H and O–H groups in total. The summed E-state index contributed by atoms with van der Waals surface area (Å²) in [5.74, 6) is -0.762. The van der Waals surface area contributed by atoms with Crippen LogP contribution in [0.15, 0.2) is 75.1 Å². The van der Waals surface area contributed by atoms with Crippen molar-refractivity contribution >= 4 is 40.9 Å². The number of hydrogen-bond acceptors (Lipinski definition) is 5. The largest absolute Gasteiger partial charge is 0.459 e. The van der Waals surface area contributed by atoms with Gasteiger partial charge in [-0.05, 0) is 42.5 Å². The number of hydrogen-bond donors (Lipinski definition) is 2. The molecule has 0 aliphatic carbocycles. The fourth-order valence-electron chi connectivity index (χ4n) is 2.95. The van der Waals surface area contributed by atoms with Crippen LogP contribution in [0, 0.1) is 0 Å². The van der Waals surface area contributed by atoms with E-state index in [-0.39, 0.29) is 24.1 Å². The van der Waals surface area contributed by atoms with Gasteiger partial charge in [-0.1, -0.05) is 23.9 Å². The van der Waals surface area contributed by atoms with Crippen LogP contribution in [-0.4, -0.2) is 31.3 Å². The number of nitrogens with zero attached hydrogens (tertiary/aromatic N) is 1. The van der Waals surface area contributed by atoms with Gasteiger partial charge in [0.15, 0.2) is 5.76 Å². The van der Waals surface area contributed by atoms with Crippen molar-refractivity contribution in [2.75, 3.05) is 23.8 Å². The minimum Gasteiger partial charge on any atom is -0.459 e. The van der Waals surface area contributed by atoms with E-state index in [1.807, 2.05) is 24.3 Å². The third-order valence-electron chi connectivity index (χ3n) is 4.40. The van der Waals surface area contributed by atoms with E-state index < -0.39 is 5.91 Å². The molecule has 0 atom stereocenters. The van der Waals surface area contributed by atoms with Crippen molar-refractivity contribution in [1.82, 2.24) is 5.32 Å². The number of fused-ring (bicyclic) bond motifs is 2. The zero-order chi connectivity index (χ0) is 20.4. The van der Waals surface area contributed by atoms with Crippen LogP contribution in [0.1, 0.15) is 20.9 Å². The second-order valence-electron chi connectivity index (χ2n) is 6.35. The van der Waals surface area contributed by atoms with E-state index in [1.165, 1.54) is 24.1 Å². The third-order valence-corrected chi connectivity index (χ3v) is 5.52. The number of benzene rings is 2. The maximum atomic E-state index is 12.7. The standard InChI is InChI=1S/C21H17N3O4S/c1-24-15-9-8-13(23-19(25)12-22-20(26)16-6-4-10-28-16)11-18(15)29-17-7-3-2-5-14(17)21(24)27/h2-11H,12H2,1H3,(H,22,26)(H,23,25). The van der Waals surface area contributed by atoms with Crippen LogP contribution in [0.3, 0.4) is 0 Å². The molecule has 0 saturated heterocycles. The lowest BCUT2D eigenvalue weighted by Crippen LogP contribution is -2.32. The van der Waals surface area contributed by atoms with Gasteiger partial charge in [0.1, 0.15) is 0 Å². The quantitative estimate of drug-likeness (QED) is 0.692. The van der Waals surface area contributed by atoms with Gasteiger partial charge < -0.3 is 20.0 Å². The normalized spacial score (nSPS) is 12.6. The van der Waals surface area contributed by atoms with Gasteiger partial charge in [-0.15, -0.1) is 0 Å². The first kappa shape index (κ1) is 18.8. The fraction of sp³-hybridized carbons (Fsp3) is 0.0952. The molecule has 0 spiro atoms. The van der Waals surface area contributed by atoms with Gasteiger partial charge >= 0.3 is 0 Å². The third kappa shape index (κ3) is 3.88. The fourth-order valence-corrected chi connectivity index (χ4v) is 4.10. The van der Waals surface area contributed by atoms with Crippen LogP contribution in [0.25, 0.3) is 0 Å². The molecule has 0 unspecified atom stereocenters. The molecular weight excluding hydrogens is 390 g/mol. The number of carbonyl (C=O) groups excluding carboxylic acids is 3. The number of rotatable bonds is 4. The number of carbonyl (C=O) groups is 3.